The maximum Gasteiger partial charge on any atom is 0.246 e. The highest BCUT2D eigenvalue weighted by Crippen LogP contribution is 2.24. The van der Waals surface area contributed by atoms with Crippen molar-refractivity contribution in [2.75, 3.05) is 7.05 Å². The third-order valence-corrected chi connectivity index (χ3v) is 2.83. The van der Waals surface area contributed by atoms with Crippen LogP contribution in [0.3, 0.4) is 0 Å². The molecular formula is C12H12F3N3O. The van der Waals surface area contributed by atoms with Gasteiger partial charge < -0.3 is 9.84 Å². The van der Waals surface area contributed by atoms with E-state index in [2.05, 4.69) is 15.5 Å². The molecule has 0 bridgehead atoms. The molecule has 1 aromatic heterocycles. The molecule has 1 N–H and O–H groups in total. The molecule has 1 aromatic carbocycles. The van der Waals surface area contributed by atoms with Crippen molar-refractivity contribution in [2.45, 2.75) is 19.4 Å². The maximum absolute atomic E-state index is 13.1. The van der Waals surface area contributed by atoms with Gasteiger partial charge >= 0.3 is 0 Å². The number of aromatic nitrogens is 2. The first kappa shape index (κ1) is 13.5. The molecule has 0 unspecified atom stereocenters. The third-order valence-electron chi connectivity index (χ3n) is 2.83. The van der Waals surface area contributed by atoms with Crippen LogP contribution in [0, 0.1) is 17.5 Å². The van der Waals surface area contributed by atoms with E-state index in [1.165, 1.54) is 0 Å². The van der Waals surface area contributed by atoms with E-state index >= 15 is 0 Å². The molecule has 102 valence electrons. The summed E-state index contributed by atoms with van der Waals surface area (Å²) in [4.78, 5) is 4.04. The zero-order chi connectivity index (χ0) is 14.2. The molecule has 4 nitrogen and oxygen atoms in total. The molecule has 0 fully saturated rings. The fourth-order valence-corrected chi connectivity index (χ4v) is 1.39. The van der Waals surface area contributed by atoms with Crippen LogP contribution in [0.4, 0.5) is 13.2 Å². The fraction of sp³-hybridized carbons (Fsp3) is 0.333. The molecule has 0 aliphatic rings. The first-order chi connectivity index (χ1) is 8.85. The molecule has 7 heteroatoms. The minimum atomic E-state index is -1.52. The van der Waals surface area contributed by atoms with Gasteiger partial charge in [0.25, 0.3) is 0 Å². The van der Waals surface area contributed by atoms with Crippen LogP contribution < -0.4 is 5.32 Å². The van der Waals surface area contributed by atoms with Gasteiger partial charge in [0.1, 0.15) is 0 Å². The first-order valence-corrected chi connectivity index (χ1v) is 5.53. The summed E-state index contributed by atoms with van der Waals surface area (Å²) in [5.74, 6) is -3.86. The Hall–Kier alpha value is -1.89. The SMILES string of the molecule is CNC(C)(C)c1nc(-c2cc(F)c(F)c(F)c2)no1. The van der Waals surface area contributed by atoms with E-state index in [-0.39, 0.29) is 17.3 Å². The van der Waals surface area contributed by atoms with Gasteiger partial charge in [-0.3, -0.25) is 0 Å². The molecule has 0 spiro atoms. The topological polar surface area (TPSA) is 51.0 Å². The molecule has 0 saturated heterocycles. The monoisotopic (exact) mass is 271 g/mol. The van der Waals surface area contributed by atoms with E-state index in [1.54, 1.807) is 20.9 Å². The Morgan fingerprint density at radius 1 is 1.16 bits per heavy atom. The smallest absolute Gasteiger partial charge is 0.246 e. The number of hydrogen-bond donors (Lipinski definition) is 1. The van der Waals surface area contributed by atoms with Crippen molar-refractivity contribution in [1.82, 2.24) is 15.5 Å². The Morgan fingerprint density at radius 2 is 1.74 bits per heavy atom. The largest absolute Gasteiger partial charge is 0.337 e. The average Bonchev–Trinajstić information content (AvgIpc) is 2.85. The number of benzene rings is 1. The second-order valence-corrected chi connectivity index (χ2v) is 4.55. The standard InChI is InChI=1S/C12H12F3N3O/c1-12(2,16-3)11-17-10(18-19-11)6-4-7(13)9(15)8(14)5-6/h4-5,16H,1-3H3. The minimum Gasteiger partial charge on any atom is -0.337 e. The van der Waals surface area contributed by atoms with Gasteiger partial charge in [0.2, 0.25) is 11.7 Å². The van der Waals surface area contributed by atoms with Gasteiger partial charge in [0, 0.05) is 5.56 Å². The lowest BCUT2D eigenvalue weighted by Crippen LogP contribution is -2.33. The normalized spacial score (nSPS) is 11.9. The lowest BCUT2D eigenvalue weighted by atomic mass is 10.1. The zero-order valence-corrected chi connectivity index (χ0v) is 10.6. The Labute approximate surface area is 107 Å². The van der Waals surface area contributed by atoms with E-state index in [9.17, 15) is 13.2 Å². The molecule has 0 saturated carbocycles. The summed E-state index contributed by atoms with van der Waals surface area (Å²) in [6, 6.07) is 1.64. The summed E-state index contributed by atoms with van der Waals surface area (Å²) in [6.07, 6.45) is 0. The molecule has 19 heavy (non-hydrogen) atoms. The zero-order valence-electron chi connectivity index (χ0n) is 10.6. The van der Waals surface area contributed by atoms with E-state index in [0.717, 1.165) is 12.1 Å². The highest BCUT2D eigenvalue weighted by atomic mass is 19.2. The number of rotatable bonds is 3. The quantitative estimate of drug-likeness (QED) is 0.872. The summed E-state index contributed by atoms with van der Waals surface area (Å²) in [6.45, 7) is 3.60. The minimum absolute atomic E-state index is 0.00359. The van der Waals surface area contributed by atoms with E-state index in [1.807, 2.05) is 0 Å². The maximum atomic E-state index is 13.1. The van der Waals surface area contributed by atoms with Gasteiger partial charge in [-0.1, -0.05) is 5.16 Å². The van der Waals surface area contributed by atoms with E-state index in [4.69, 9.17) is 4.52 Å². The van der Waals surface area contributed by atoms with Crippen molar-refractivity contribution in [1.29, 1.82) is 0 Å². The Bertz CT molecular complexity index is 587. The van der Waals surface area contributed by atoms with E-state index in [0.29, 0.717) is 0 Å². The molecule has 1 heterocycles. The molecule has 2 aromatic rings. The van der Waals surface area contributed by atoms with Crippen LogP contribution in [0.15, 0.2) is 16.7 Å². The highest BCUT2D eigenvalue weighted by molar-refractivity contribution is 5.54. The van der Waals surface area contributed by atoms with Crippen LogP contribution >= 0.6 is 0 Å². The van der Waals surface area contributed by atoms with Crippen molar-refractivity contribution >= 4 is 0 Å². The summed E-state index contributed by atoms with van der Waals surface area (Å²) >= 11 is 0. The fourth-order valence-electron chi connectivity index (χ4n) is 1.39. The first-order valence-electron chi connectivity index (χ1n) is 5.53. The molecule has 0 aliphatic carbocycles. The second kappa shape index (κ2) is 4.65. The molecule has 0 radical (unpaired) electrons. The molecule has 2 rings (SSSR count). The number of nitrogens with one attached hydrogen (secondary N) is 1. The summed E-state index contributed by atoms with van der Waals surface area (Å²) in [5.41, 5.74) is -0.569. The average molecular weight is 271 g/mol. The van der Waals surface area contributed by atoms with Crippen molar-refractivity contribution < 1.29 is 17.7 Å². The van der Waals surface area contributed by atoms with Crippen LogP contribution in [0.25, 0.3) is 11.4 Å². The van der Waals surface area contributed by atoms with Gasteiger partial charge in [0.05, 0.1) is 5.54 Å². The van der Waals surface area contributed by atoms with Gasteiger partial charge in [-0.15, -0.1) is 0 Å². The summed E-state index contributed by atoms with van der Waals surface area (Å²) in [5, 5.41) is 6.58. The third kappa shape index (κ3) is 2.46. The molecule has 0 aliphatic heterocycles. The lowest BCUT2D eigenvalue weighted by Gasteiger charge is -2.17. The van der Waals surface area contributed by atoms with Crippen LogP contribution in [-0.4, -0.2) is 17.2 Å². The van der Waals surface area contributed by atoms with Crippen LogP contribution in [0.1, 0.15) is 19.7 Å². The van der Waals surface area contributed by atoms with Gasteiger partial charge in [-0.25, -0.2) is 13.2 Å². The van der Waals surface area contributed by atoms with Crippen LogP contribution in [-0.2, 0) is 5.54 Å². The predicted molar refractivity (Wildman–Crippen MR) is 61.7 cm³/mol. The van der Waals surface area contributed by atoms with Crippen molar-refractivity contribution in [3.63, 3.8) is 0 Å². The van der Waals surface area contributed by atoms with Crippen LogP contribution in [0.5, 0.6) is 0 Å². The highest BCUT2D eigenvalue weighted by Gasteiger charge is 2.26. The number of nitrogens with zero attached hydrogens (tertiary/aromatic N) is 2. The van der Waals surface area contributed by atoms with E-state index < -0.39 is 23.0 Å². The number of hydrogen-bond acceptors (Lipinski definition) is 4. The summed E-state index contributed by atoms with van der Waals surface area (Å²) in [7, 11) is 1.71. The van der Waals surface area contributed by atoms with Crippen LogP contribution in [0.2, 0.25) is 0 Å². The lowest BCUT2D eigenvalue weighted by molar-refractivity contribution is 0.281. The van der Waals surface area contributed by atoms with Crippen molar-refractivity contribution in [3.8, 4) is 11.4 Å². The molecule has 0 amide bonds. The number of halogens is 3. The van der Waals surface area contributed by atoms with Crippen molar-refractivity contribution in [2.24, 2.45) is 0 Å². The Morgan fingerprint density at radius 3 is 2.26 bits per heavy atom. The van der Waals surface area contributed by atoms with Gasteiger partial charge in [0.15, 0.2) is 17.5 Å². The summed E-state index contributed by atoms with van der Waals surface area (Å²) < 4.78 is 44.1. The molecule has 0 atom stereocenters. The molecular weight excluding hydrogens is 259 g/mol. The predicted octanol–water partition coefficient (Wildman–Crippen LogP) is 2.61. The van der Waals surface area contributed by atoms with Gasteiger partial charge in [-0.05, 0) is 33.0 Å². The Kier molecular flexibility index (Phi) is 3.32. The second-order valence-electron chi connectivity index (χ2n) is 4.55. The van der Waals surface area contributed by atoms with Gasteiger partial charge in [-0.2, -0.15) is 4.98 Å². The Balaban J connectivity index is 2.44. The van der Waals surface area contributed by atoms with Crippen molar-refractivity contribution in [3.05, 3.63) is 35.5 Å².